The minimum Gasteiger partial charge on any atom is -0.393 e. The van der Waals surface area contributed by atoms with Gasteiger partial charge in [-0.15, -0.1) is 0 Å². The fourth-order valence-corrected chi connectivity index (χ4v) is 9.02. The molecule has 6 N–H and O–H groups in total. The third kappa shape index (κ3) is 3.83. The second-order valence-electron chi connectivity index (χ2n) is 13.3. The van der Waals surface area contributed by atoms with Crippen LogP contribution in [-0.4, -0.2) is 66.8 Å². The first-order valence-electron chi connectivity index (χ1n) is 13.5. The molecule has 0 aromatic heterocycles. The van der Waals surface area contributed by atoms with Gasteiger partial charge in [-0.3, -0.25) is 0 Å². The van der Waals surface area contributed by atoms with Crippen molar-refractivity contribution >= 4 is 0 Å². The Labute approximate surface area is 205 Å². The van der Waals surface area contributed by atoms with Crippen molar-refractivity contribution in [3.8, 4) is 0 Å². The van der Waals surface area contributed by atoms with Crippen molar-refractivity contribution in [2.75, 3.05) is 6.61 Å². The minimum atomic E-state index is -1.27. The van der Waals surface area contributed by atoms with Gasteiger partial charge in [0.05, 0.1) is 36.1 Å². The summed E-state index contributed by atoms with van der Waals surface area (Å²) >= 11 is 0. The molecule has 0 amide bonds. The van der Waals surface area contributed by atoms with Crippen LogP contribution >= 0.6 is 0 Å². The summed E-state index contributed by atoms with van der Waals surface area (Å²) in [7, 11) is 0. The fraction of sp³-hybridized carbons (Fsp3) is 0.929. The van der Waals surface area contributed by atoms with E-state index in [1.807, 2.05) is 13.0 Å². The Bertz CT molecular complexity index is 783. The summed E-state index contributed by atoms with van der Waals surface area (Å²) < 4.78 is 0. The molecule has 13 atom stereocenters. The molecule has 0 aromatic carbocycles. The summed E-state index contributed by atoms with van der Waals surface area (Å²) in [5, 5.41) is 64.3. The van der Waals surface area contributed by atoms with Gasteiger partial charge in [0.1, 0.15) is 0 Å². The zero-order valence-electron chi connectivity index (χ0n) is 21.7. The third-order valence-electron chi connectivity index (χ3n) is 11.5. The molecule has 6 nitrogen and oxygen atoms in total. The lowest BCUT2D eigenvalue weighted by Crippen LogP contribution is -2.69. The van der Waals surface area contributed by atoms with Gasteiger partial charge in [0, 0.05) is 17.8 Å². The van der Waals surface area contributed by atoms with Crippen molar-refractivity contribution in [1.29, 1.82) is 0 Å². The predicted molar refractivity (Wildman–Crippen MR) is 131 cm³/mol. The lowest BCUT2D eigenvalue weighted by molar-refractivity contribution is -0.268. The predicted octanol–water partition coefficient (Wildman–Crippen LogP) is 2.63. The highest BCUT2D eigenvalue weighted by atomic mass is 16.3. The van der Waals surface area contributed by atoms with Gasteiger partial charge in [0.2, 0.25) is 0 Å². The third-order valence-corrected chi connectivity index (χ3v) is 11.5. The number of aliphatic hydroxyl groups excluding tert-OH is 4. The molecule has 0 aliphatic heterocycles. The van der Waals surface area contributed by atoms with Crippen molar-refractivity contribution in [3.63, 3.8) is 0 Å². The Morgan fingerprint density at radius 3 is 2.35 bits per heavy atom. The number of aliphatic hydroxyl groups is 6. The number of hydrogen-bond donors (Lipinski definition) is 6. The van der Waals surface area contributed by atoms with Crippen LogP contribution in [0.2, 0.25) is 0 Å². The highest BCUT2D eigenvalue weighted by Gasteiger charge is 2.68. The summed E-state index contributed by atoms with van der Waals surface area (Å²) in [6.45, 7) is 9.87. The zero-order valence-corrected chi connectivity index (χ0v) is 21.7. The van der Waals surface area contributed by atoms with Crippen LogP contribution in [0.25, 0.3) is 0 Å². The summed E-state index contributed by atoms with van der Waals surface area (Å²) in [6, 6.07) is 0. The zero-order chi connectivity index (χ0) is 25.3. The largest absolute Gasteiger partial charge is 0.393 e. The van der Waals surface area contributed by atoms with Gasteiger partial charge in [-0.25, -0.2) is 0 Å². The lowest BCUT2D eigenvalue weighted by Gasteiger charge is -2.65. The molecule has 0 aromatic rings. The maximum Gasteiger partial charge on any atom is 0.0985 e. The van der Waals surface area contributed by atoms with Crippen molar-refractivity contribution in [1.82, 2.24) is 0 Å². The molecular formula is C28H48O6. The number of fused-ring (bicyclic) bond motifs is 5. The Hall–Kier alpha value is -0.500. The van der Waals surface area contributed by atoms with E-state index >= 15 is 0 Å². The van der Waals surface area contributed by atoms with Gasteiger partial charge in [-0.05, 0) is 80.5 Å². The van der Waals surface area contributed by atoms with Gasteiger partial charge in [-0.2, -0.15) is 0 Å². The highest BCUT2D eigenvalue weighted by Crippen LogP contribution is 2.69. The molecule has 0 bridgehead atoms. The topological polar surface area (TPSA) is 121 Å². The smallest absolute Gasteiger partial charge is 0.0985 e. The van der Waals surface area contributed by atoms with E-state index < -0.39 is 34.9 Å². The molecule has 4 rings (SSSR count). The Morgan fingerprint density at radius 2 is 1.71 bits per heavy atom. The second kappa shape index (κ2) is 8.81. The van der Waals surface area contributed by atoms with Gasteiger partial charge < -0.3 is 30.6 Å². The second-order valence-corrected chi connectivity index (χ2v) is 13.3. The van der Waals surface area contributed by atoms with Crippen molar-refractivity contribution in [2.24, 2.45) is 46.3 Å². The monoisotopic (exact) mass is 480 g/mol. The summed E-state index contributed by atoms with van der Waals surface area (Å²) in [5.74, 6) is 0.773. The molecule has 196 valence electrons. The van der Waals surface area contributed by atoms with Gasteiger partial charge in [-0.1, -0.05) is 39.8 Å². The average molecular weight is 481 g/mol. The van der Waals surface area contributed by atoms with Crippen LogP contribution in [0.3, 0.4) is 0 Å². The average Bonchev–Trinajstić information content (AvgIpc) is 3.05. The van der Waals surface area contributed by atoms with Crippen LogP contribution in [0.5, 0.6) is 0 Å². The van der Waals surface area contributed by atoms with Crippen LogP contribution in [0, 0.1) is 46.3 Å². The van der Waals surface area contributed by atoms with Gasteiger partial charge >= 0.3 is 0 Å². The molecular weight excluding hydrogens is 432 g/mol. The number of rotatable bonds is 5. The molecule has 4 aliphatic rings. The van der Waals surface area contributed by atoms with E-state index in [1.54, 1.807) is 6.92 Å². The van der Waals surface area contributed by atoms with E-state index in [4.69, 9.17) is 0 Å². The summed E-state index contributed by atoms with van der Waals surface area (Å²) in [5.41, 5.74) is -2.94. The normalized spacial score (nSPS) is 52.4. The summed E-state index contributed by atoms with van der Waals surface area (Å²) in [4.78, 5) is 0. The van der Waals surface area contributed by atoms with E-state index in [0.29, 0.717) is 19.3 Å². The molecule has 0 radical (unpaired) electrons. The van der Waals surface area contributed by atoms with E-state index in [2.05, 4.69) is 26.8 Å². The van der Waals surface area contributed by atoms with Crippen LogP contribution in [0.15, 0.2) is 12.2 Å². The SMILES string of the molecule is CC(/C=C/C(C)C(C)(O)CO)C1C[C@H](O)C2C3C[C@@H](O)[C@@]4(O)C[C@@H](O)CC[C@]4(C)C3CC[C@]12C. The maximum atomic E-state index is 11.6. The van der Waals surface area contributed by atoms with Crippen LogP contribution in [0.4, 0.5) is 0 Å². The first kappa shape index (κ1) is 26.6. The minimum absolute atomic E-state index is 0.0627. The highest BCUT2D eigenvalue weighted by molar-refractivity contribution is 5.19. The Kier molecular flexibility index (Phi) is 6.88. The molecule has 4 saturated carbocycles. The maximum absolute atomic E-state index is 11.6. The van der Waals surface area contributed by atoms with Crippen LogP contribution < -0.4 is 0 Å². The van der Waals surface area contributed by atoms with E-state index in [1.165, 1.54) is 0 Å². The Morgan fingerprint density at radius 1 is 1.03 bits per heavy atom. The quantitative estimate of drug-likeness (QED) is 0.337. The standard InChI is InChI=1S/C28H48O6/c1-16(6-7-17(2)27(5,33)15-29)21-13-22(31)24-19-12-23(32)28(34)14-18(30)8-11-26(28,4)20(19)9-10-25(21,24)3/h6-7,16-24,29-34H,8-15H2,1-5H3/b7-6+/t16?,17?,18-,19?,20?,21?,22-,23+,24?,25+,26+,27?,28-/m0/s1. The first-order valence-corrected chi connectivity index (χ1v) is 13.5. The van der Waals surface area contributed by atoms with Crippen LogP contribution in [0.1, 0.15) is 79.6 Å². The van der Waals surface area contributed by atoms with E-state index in [0.717, 1.165) is 19.3 Å². The Balaban J connectivity index is 1.59. The molecule has 4 fully saturated rings. The molecule has 0 heterocycles. The van der Waals surface area contributed by atoms with Crippen molar-refractivity contribution < 1.29 is 30.6 Å². The fourth-order valence-electron chi connectivity index (χ4n) is 9.02. The molecule has 0 saturated heterocycles. The van der Waals surface area contributed by atoms with Gasteiger partial charge in [0.15, 0.2) is 0 Å². The summed E-state index contributed by atoms with van der Waals surface area (Å²) in [6.07, 6.45) is 6.98. The van der Waals surface area contributed by atoms with Crippen molar-refractivity contribution in [2.45, 2.75) is 109 Å². The lowest BCUT2D eigenvalue weighted by atomic mass is 9.42. The molecule has 4 aliphatic carbocycles. The first-order chi connectivity index (χ1) is 15.7. The number of allylic oxidation sites excluding steroid dienone is 1. The molecule has 7 unspecified atom stereocenters. The molecule has 0 spiro atoms. The van der Waals surface area contributed by atoms with Crippen molar-refractivity contribution in [3.05, 3.63) is 12.2 Å². The molecule has 34 heavy (non-hydrogen) atoms. The van der Waals surface area contributed by atoms with Gasteiger partial charge in [0.25, 0.3) is 0 Å². The number of hydrogen-bond acceptors (Lipinski definition) is 6. The molecule has 6 heteroatoms. The van der Waals surface area contributed by atoms with Crippen LogP contribution in [-0.2, 0) is 0 Å². The van der Waals surface area contributed by atoms with E-state index in [9.17, 15) is 30.6 Å². The van der Waals surface area contributed by atoms with E-state index in [-0.39, 0.29) is 54.0 Å².